The Morgan fingerprint density at radius 2 is 1.83 bits per heavy atom. The predicted molar refractivity (Wildman–Crippen MR) is 58.7 cm³/mol. The van der Waals surface area contributed by atoms with E-state index in [-0.39, 0.29) is 31.2 Å². The molecule has 0 aromatic heterocycles. The van der Waals surface area contributed by atoms with E-state index in [0.29, 0.717) is 0 Å². The molecule has 7 heteroatoms. The van der Waals surface area contributed by atoms with E-state index in [1.807, 2.05) is 0 Å². The van der Waals surface area contributed by atoms with Crippen molar-refractivity contribution in [1.82, 2.24) is 10.2 Å². The fraction of sp³-hybridized carbons (Fsp3) is 0.818. The summed E-state index contributed by atoms with van der Waals surface area (Å²) >= 11 is 0. The summed E-state index contributed by atoms with van der Waals surface area (Å²) in [4.78, 5) is 24.6. The van der Waals surface area contributed by atoms with Crippen LogP contribution in [0.3, 0.4) is 0 Å². The number of nitrogens with zero attached hydrogens (tertiary/aromatic N) is 1. The van der Waals surface area contributed by atoms with E-state index in [2.05, 4.69) is 5.32 Å². The second-order valence-electron chi connectivity index (χ2n) is 4.51. The maximum absolute atomic E-state index is 12.0. The Hall–Kier alpha value is -1.27. The largest absolute Gasteiger partial charge is 0.389 e. The van der Waals surface area contributed by atoms with Gasteiger partial charge in [0.15, 0.2) is 0 Å². The molecule has 1 rings (SSSR count). The van der Waals surface area contributed by atoms with Gasteiger partial charge in [-0.15, -0.1) is 0 Å². The molecule has 2 amide bonds. The van der Waals surface area contributed by atoms with E-state index >= 15 is 0 Å². The predicted octanol–water partition coefficient (Wildman–Crippen LogP) is 1.45. The highest BCUT2D eigenvalue weighted by Crippen LogP contribution is 2.22. The van der Waals surface area contributed by atoms with E-state index in [1.54, 1.807) is 13.8 Å². The van der Waals surface area contributed by atoms with Gasteiger partial charge in [-0.1, -0.05) is 0 Å². The molecule has 0 aromatic carbocycles. The lowest BCUT2D eigenvalue weighted by molar-refractivity contribution is -0.148. The molecule has 0 spiro atoms. The molecule has 4 nitrogen and oxygen atoms in total. The van der Waals surface area contributed by atoms with Crippen molar-refractivity contribution in [2.75, 3.05) is 6.54 Å². The van der Waals surface area contributed by atoms with Gasteiger partial charge in [-0.05, 0) is 26.7 Å². The van der Waals surface area contributed by atoms with Gasteiger partial charge in [0.2, 0.25) is 11.8 Å². The number of carbonyl (C=O) groups excluding carboxylic acids is 2. The summed E-state index contributed by atoms with van der Waals surface area (Å²) in [5.74, 6) is -0.507. The van der Waals surface area contributed by atoms with Crippen molar-refractivity contribution in [2.24, 2.45) is 0 Å². The van der Waals surface area contributed by atoms with Crippen LogP contribution < -0.4 is 5.32 Å². The number of piperazine rings is 1. The second kappa shape index (κ2) is 5.58. The van der Waals surface area contributed by atoms with Crippen LogP contribution in [0.25, 0.3) is 0 Å². The minimum atomic E-state index is -4.16. The number of hydrogen-bond donors (Lipinski definition) is 1. The van der Waals surface area contributed by atoms with Gasteiger partial charge in [-0.2, -0.15) is 13.2 Å². The van der Waals surface area contributed by atoms with Crippen LogP contribution >= 0.6 is 0 Å². The van der Waals surface area contributed by atoms with E-state index in [4.69, 9.17) is 0 Å². The summed E-state index contributed by atoms with van der Waals surface area (Å²) in [6.07, 6.45) is -4.81. The highest BCUT2D eigenvalue weighted by atomic mass is 19.4. The zero-order valence-electron chi connectivity index (χ0n) is 10.4. The summed E-state index contributed by atoms with van der Waals surface area (Å²) in [5, 5.41) is 2.51. The fourth-order valence-corrected chi connectivity index (χ4v) is 1.89. The Labute approximate surface area is 104 Å². The number of nitrogens with one attached hydrogen (secondary N) is 1. The molecule has 2 unspecified atom stereocenters. The fourth-order valence-electron chi connectivity index (χ4n) is 1.89. The lowest BCUT2D eigenvalue weighted by Gasteiger charge is -2.36. The highest BCUT2D eigenvalue weighted by Gasteiger charge is 2.35. The molecular formula is C11H17F3N2O2. The number of hydrogen-bond acceptors (Lipinski definition) is 2. The molecule has 0 radical (unpaired) electrons. The Bertz CT molecular complexity index is 331. The standard InChI is InChI=1S/C11H17F3N2O2/c1-7-10(18)16(8(2)9(17)15-7)6-4-3-5-11(12,13)14/h7-8H,3-6H2,1-2H3,(H,15,17). The van der Waals surface area contributed by atoms with Gasteiger partial charge in [-0.25, -0.2) is 0 Å². The van der Waals surface area contributed by atoms with Crippen molar-refractivity contribution in [1.29, 1.82) is 0 Å². The monoisotopic (exact) mass is 266 g/mol. The van der Waals surface area contributed by atoms with Crippen LogP contribution in [0.4, 0.5) is 13.2 Å². The van der Waals surface area contributed by atoms with E-state index in [0.717, 1.165) is 0 Å². The summed E-state index contributed by atoms with van der Waals surface area (Å²) in [5.41, 5.74) is 0. The summed E-state index contributed by atoms with van der Waals surface area (Å²) < 4.78 is 35.9. The van der Waals surface area contributed by atoms with Gasteiger partial charge in [0, 0.05) is 13.0 Å². The molecule has 1 aliphatic rings. The third-order valence-corrected chi connectivity index (χ3v) is 2.97. The van der Waals surface area contributed by atoms with Gasteiger partial charge in [-0.3, -0.25) is 9.59 Å². The van der Waals surface area contributed by atoms with Gasteiger partial charge >= 0.3 is 6.18 Å². The number of carbonyl (C=O) groups is 2. The molecule has 0 aliphatic carbocycles. The lowest BCUT2D eigenvalue weighted by Crippen LogP contribution is -2.61. The van der Waals surface area contributed by atoms with Crippen molar-refractivity contribution >= 4 is 11.8 Å². The number of halogens is 3. The Morgan fingerprint density at radius 3 is 2.39 bits per heavy atom. The smallest absolute Gasteiger partial charge is 0.343 e. The third kappa shape index (κ3) is 3.89. The number of rotatable bonds is 4. The SMILES string of the molecule is CC1NC(=O)C(C)N(CCCCC(F)(F)F)C1=O. The molecule has 1 heterocycles. The normalized spacial score (nSPS) is 25.3. The first-order valence-corrected chi connectivity index (χ1v) is 5.90. The zero-order chi connectivity index (χ0) is 13.9. The maximum atomic E-state index is 12.0. The van der Waals surface area contributed by atoms with Crippen molar-refractivity contribution in [3.05, 3.63) is 0 Å². The van der Waals surface area contributed by atoms with Crippen LogP contribution in [-0.2, 0) is 9.59 Å². The summed E-state index contributed by atoms with van der Waals surface area (Å²) in [6, 6.07) is -1.21. The quantitative estimate of drug-likeness (QED) is 0.783. The van der Waals surface area contributed by atoms with Crippen LogP contribution in [0.2, 0.25) is 0 Å². The van der Waals surface area contributed by atoms with Crippen molar-refractivity contribution in [3.63, 3.8) is 0 Å². The molecule has 2 atom stereocenters. The molecule has 104 valence electrons. The first-order chi connectivity index (χ1) is 8.22. The second-order valence-corrected chi connectivity index (χ2v) is 4.51. The maximum Gasteiger partial charge on any atom is 0.389 e. The van der Waals surface area contributed by atoms with E-state index in [9.17, 15) is 22.8 Å². The minimum Gasteiger partial charge on any atom is -0.343 e. The van der Waals surface area contributed by atoms with Gasteiger partial charge in [0.05, 0.1) is 0 Å². The molecular weight excluding hydrogens is 249 g/mol. The zero-order valence-corrected chi connectivity index (χ0v) is 10.4. The van der Waals surface area contributed by atoms with Crippen LogP contribution in [0.5, 0.6) is 0 Å². The average molecular weight is 266 g/mol. The van der Waals surface area contributed by atoms with Crippen LogP contribution in [-0.4, -0.2) is 41.5 Å². The number of amides is 2. The minimum absolute atomic E-state index is 0.0317. The molecule has 1 N–H and O–H groups in total. The van der Waals surface area contributed by atoms with Gasteiger partial charge in [0.25, 0.3) is 0 Å². The molecule has 18 heavy (non-hydrogen) atoms. The lowest BCUT2D eigenvalue weighted by atomic mass is 10.1. The van der Waals surface area contributed by atoms with Crippen molar-refractivity contribution in [3.8, 4) is 0 Å². The van der Waals surface area contributed by atoms with Crippen molar-refractivity contribution < 1.29 is 22.8 Å². The van der Waals surface area contributed by atoms with Gasteiger partial charge < -0.3 is 10.2 Å². The first-order valence-electron chi connectivity index (χ1n) is 5.90. The number of alkyl halides is 3. The molecule has 0 saturated carbocycles. The molecule has 1 saturated heterocycles. The van der Waals surface area contributed by atoms with E-state index in [1.165, 1.54) is 4.90 Å². The van der Waals surface area contributed by atoms with Crippen LogP contribution in [0.1, 0.15) is 33.1 Å². The Balaban J connectivity index is 2.44. The summed E-state index contributed by atoms with van der Waals surface area (Å²) in [7, 11) is 0. The average Bonchev–Trinajstić information content (AvgIpc) is 2.24. The van der Waals surface area contributed by atoms with Crippen molar-refractivity contribution in [2.45, 2.75) is 51.4 Å². The van der Waals surface area contributed by atoms with Gasteiger partial charge in [0.1, 0.15) is 12.1 Å². The number of unbranched alkanes of at least 4 members (excludes halogenated alkanes) is 1. The third-order valence-electron chi connectivity index (χ3n) is 2.97. The Kier molecular flexibility index (Phi) is 4.59. The molecule has 1 fully saturated rings. The van der Waals surface area contributed by atoms with Crippen LogP contribution in [0.15, 0.2) is 0 Å². The Morgan fingerprint density at radius 1 is 1.22 bits per heavy atom. The molecule has 1 aliphatic heterocycles. The first kappa shape index (κ1) is 14.8. The topological polar surface area (TPSA) is 49.4 Å². The molecule has 0 aromatic rings. The molecule has 0 bridgehead atoms. The summed E-state index contributed by atoms with van der Waals surface area (Å²) in [6.45, 7) is 3.32. The highest BCUT2D eigenvalue weighted by molar-refractivity contribution is 5.96. The van der Waals surface area contributed by atoms with Crippen LogP contribution in [0, 0.1) is 0 Å². The van der Waals surface area contributed by atoms with E-state index < -0.39 is 24.7 Å².